The van der Waals surface area contributed by atoms with Gasteiger partial charge in [-0.2, -0.15) is 0 Å². The van der Waals surface area contributed by atoms with Gasteiger partial charge in [0.05, 0.1) is 10.8 Å². The normalized spacial score (nSPS) is 19.9. The standard InChI is InChI=1S/C17H15ClN4O3S/c18-14-4-3-11(9-19-14)10-20-5-6-21-15(23)8-12(13-2-1-7-26-13)16(17(20)21)22(24)25/h1-4,7,9,12H,5-6,8,10H2. The molecule has 7 nitrogen and oxygen atoms in total. The van der Waals surface area contributed by atoms with E-state index in [4.69, 9.17) is 11.6 Å². The molecule has 0 bridgehead atoms. The Labute approximate surface area is 158 Å². The first-order valence-electron chi connectivity index (χ1n) is 8.12. The monoisotopic (exact) mass is 390 g/mol. The summed E-state index contributed by atoms with van der Waals surface area (Å²) in [5, 5.41) is 14.2. The van der Waals surface area contributed by atoms with E-state index in [9.17, 15) is 14.9 Å². The number of fused-ring (bicyclic) bond motifs is 1. The Morgan fingerprint density at radius 3 is 2.85 bits per heavy atom. The van der Waals surface area contributed by atoms with E-state index < -0.39 is 5.92 Å². The summed E-state index contributed by atoms with van der Waals surface area (Å²) in [5.74, 6) is -0.159. The van der Waals surface area contributed by atoms with Gasteiger partial charge in [0.25, 0.3) is 5.70 Å². The zero-order valence-corrected chi connectivity index (χ0v) is 15.2. The van der Waals surface area contributed by atoms with Gasteiger partial charge in [-0.3, -0.25) is 19.8 Å². The number of carbonyl (C=O) groups is 1. The van der Waals surface area contributed by atoms with Crippen LogP contribution in [0.3, 0.4) is 0 Å². The number of nitrogens with zero attached hydrogens (tertiary/aromatic N) is 4. The Bertz CT molecular complexity index is 882. The second kappa shape index (κ2) is 6.69. The number of carbonyl (C=O) groups excluding carboxylic acids is 1. The maximum Gasteiger partial charge on any atom is 0.295 e. The summed E-state index contributed by atoms with van der Waals surface area (Å²) in [5.41, 5.74) is 0.989. The fourth-order valence-electron chi connectivity index (χ4n) is 3.49. The fourth-order valence-corrected chi connectivity index (χ4v) is 4.43. The van der Waals surface area contributed by atoms with Gasteiger partial charge in [0.1, 0.15) is 5.15 Å². The number of aromatic nitrogens is 1. The van der Waals surface area contributed by atoms with Gasteiger partial charge in [-0.25, -0.2) is 4.98 Å². The molecule has 0 saturated carbocycles. The second-order valence-corrected chi connectivity index (χ2v) is 7.56. The zero-order valence-electron chi connectivity index (χ0n) is 13.7. The van der Waals surface area contributed by atoms with Crippen molar-refractivity contribution < 1.29 is 9.72 Å². The number of nitro groups is 1. The molecule has 4 heterocycles. The van der Waals surface area contributed by atoms with Crippen molar-refractivity contribution in [1.29, 1.82) is 0 Å². The minimum atomic E-state index is -0.507. The lowest BCUT2D eigenvalue weighted by Crippen LogP contribution is -2.38. The summed E-state index contributed by atoms with van der Waals surface area (Å²) in [6.07, 6.45) is 1.79. The summed E-state index contributed by atoms with van der Waals surface area (Å²) < 4.78 is 0. The van der Waals surface area contributed by atoms with Gasteiger partial charge in [0.15, 0.2) is 5.82 Å². The quantitative estimate of drug-likeness (QED) is 0.455. The van der Waals surface area contributed by atoms with Crippen LogP contribution in [0.2, 0.25) is 5.15 Å². The van der Waals surface area contributed by atoms with Gasteiger partial charge < -0.3 is 4.90 Å². The highest BCUT2D eigenvalue weighted by Crippen LogP contribution is 2.41. The van der Waals surface area contributed by atoms with Crippen LogP contribution >= 0.6 is 22.9 Å². The van der Waals surface area contributed by atoms with E-state index in [0.717, 1.165) is 10.4 Å². The molecule has 1 unspecified atom stereocenters. The Balaban J connectivity index is 1.75. The zero-order chi connectivity index (χ0) is 18.3. The largest absolute Gasteiger partial charge is 0.346 e. The average Bonchev–Trinajstić information content (AvgIpc) is 3.27. The maximum atomic E-state index is 12.6. The lowest BCUT2D eigenvalue weighted by atomic mass is 9.95. The molecule has 9 heteroatoms. The highest BCUT2D eigenvalue weighted by Gasteiger charge is 2.46. The van der Waals surface area contributed by atoms with E-state index >= 15 is 0 Å². The van der Waals surface area contributed by atoms with Crippen molar-refractivity contribution in [2.45, 2.75) is 18.9 Å². The molecule has 1 amide bonds. The number of pyridine rings is 1. The smallest absolute Gasteiger partial charge is 0.295 e. The first-order chi connectivity index (χ1) is 12.5. The van der Waals surface area contributed by atoms with Crippen LogP contribution in [-0.2, 0) is 11.3 Å². The Kier molecular flexibility index (Phi) is 4.37. The molecule has 0 aromatic carbocycles. The van der Waals surface area contributed by atoms with Crippen LogP contribution in [0.25, 0.3) is 0 Å². The maximum absolute atomic E-state index is 12.6. The number of allylic oxidation sites excluding steroid dienone is 1. The second-order valence-electron chi connectivity index (χ2n) is 6.19. The van der Waals surface area contributed by atoms with Crippen molar-refractivity contribution in [3.05, 3.63) is 73.1 Å². The minimum Gasteiger partial charge on any atom is -0.346 e. The first kappa shape index (κ1) is 17.0. The molecule has 2 aliphatic rings. The number of rotatable bonds is 4. The topological polar surface area (TPSA) is 79.6 Å². The molecule has 0 aliphatic carbocycles. The van der Waals surface area contributed by atoms with Crippen LogP contribution in [-0.4, -0.2) is 38.7 Å². The van der Waals surface area contributed by atoms with Crippen LogP contribution in [0.5, 0.6) is 0 Å². The highest BCUT2D eigenvalue weighted by atomic mass is 35.5. The summed E-state index contributed by atoms with van der Waals surface area (Å²) in [7, 11) is 0. The van der Waals surface area contributed by atoms with Crippen molar-refractivity contribution in [3.63, 3.8) is 0 Å². The molecule has 1 saturated heterocycles. The number of halogens is 1. The molecule has 0 N–H and O–H groups in total. The van der Waals surface area contributed by atoms with E-state index in [1.54, 1.807) is 17.2 Å². The Morgan fingerprint density at radius 2 is 2.19 bits per heavy atom. The van der Waals surface area contributed by atoms with E-state index in [0.29, 0.717) is 30.6 Å². The SMILES string of the molecule is O=C1CC(c2cccs2)C([N+](=O)[O-])=C2N(Cc3ccc(Cl)nc3)CCN12. The molecule has 2 aliphatic heterocycles. The first-order valence-corrected chi connectivity index (χ1v) is 9.38. The summed E-state index contributed by atoms with van der Waals surface area (Å²) in [4.78, 5) is 32.5. The molecular weight excluding hydrogens is 376 g/mol. The number of hydrogen-bond acceptors (Lipinski definition) is 6. The van der Waals surface area contributed by atoms with Crippen molar-refractivity contribution in [2.24, 2.45) is 0 Å². The summed E-state index contributed by atoms with van der Waals surface area (Å²) in [6.45, 7) is 1.46. The van der Waals surface area contributed by atoms with Crippen molar-refractivity contribution in [1.82, 2.24) is 14.8 Å². The number of hydrogen-bond donors (Lipinski definition) is 0. The molecule has 0 spiro atoms. The third-order valence-electron chi connectivity index (χ3n) is 4.63. The molecule has 0 radical (unpaired) electrons. The third kappa shape index (κ3) is 2.95. The summed E-state index contributed by atoms with van der Waals surface area (Å²) in [6, 6.07) is 7.23. The molecular formula is C17H15ClN4O3S. The Morgan fingerprint density at radius 1 is 1.35 bits per heavy atom. The van der Waals surface area contributed by atoms with Crippen molar-refractivity contribution >= 4 is 28.8 Å². The molecule has 1 fully saturated rings. The van der Waals surface area contributed by atoms with E-state index in [1.165, 1.54) is 11.3 Å². The average molecular weight is 391 g/mol. The van der Waals surface area contributed by atoms with Crippen LogP contribution < -0.4 is 0 Å². The van der Waals surface area contributed by atoms with Gasteiger partial charge in [-0.1, -0.05) is 23.7 Å². The van der Waals surface area contributed by atoms with Gasteiger partial charge in [0.2, 0.25) is 5.91 Å². The molecule has 26 heavy (non-hydrogen) atoms. The van der Waals surface area contributed by atoms with Crippen LogP contribution in [0.4, 0.5) is 0 Å². The molecule has 2 aromatic rings. The van der Waals surface area contributed by atoms with E-state index in [2.05, 4.69) is 4.98 Å². The lowest BCUT2D eigenvalue weighted by molar-refractivity contribution is -0.434. The summed E-state index contributed by atoms with van der Waals surface area (Å²) >= 11 is 7.27. The third-order valence-corrected chi connectivity index (χ3v) is 5.84. The van der Waals surface area contributed by atoms with Gasteiger partial charge in [0, 0.05) is 37.1 Å². The van der Waals surface area contributed by atoms with Crippen LogP contribution in [0.15, 0.2) is 47.4 Å². The number of amides is 1. The van der Waals surface area contributed by atoms with Crippen molar-refractivity contribution in [3.8, 4) is 0 Å². The van der Waals surface area contributed by atoms with Crippen molar-refractivity contribution in [2.75, 3.05) is 13.1 Å². The number of thiophene rings is 1. The molecule has 2 aromatic heterocycles. The predicted octanol–water partition coefficient (Wildman–Crippen LogP) is 3.07. The Hall–Kier alpha value is -2.45. The minimum absolute atomic E-state index is 0.0688. The van der Waals surface area contributed by atoms with Gasteiger partial charge in [-0.15, -0.1) is 11.3 Å². The highest BCUT2D eigenvalue weighted by molar-refractivity contribution is 7.10. The molecule has 134 valence electrons. The van der Waals surface area contributed by atoms with Crippen LogP contribution in [0.1, 0.15) is 22.8 Å². The van der Waals surface area contributed by atoms with Gasteiger partial charge in [-0.05, 0) is 23.1 Å². The molecule has 4 rings (SSSR count). The van der Waals surface area contributed by atoms with E-state index in [-0.39, 0.29) is 22.9 Å². The van der Waals surface area contributed by atoms with Gasteiger partial charge >= 0.3 is 0 Å². The van der Waals surface area contributed by atoms with Crippen LogP contribution in [0, 0.1) is 10.1 Å². The fraction of sp³-hybridized carbons (Fsp3) is 0.294. The van der Waals surface area contributed by atoms with E-state index in [1.807, 2.05) is 28.5 Å². The molecule has 1 atom stereocenters. The predicted molar refractivity (Wildman–Crippen MR) is 97.1 cm³/mol. The lowest BCUT2D eigenvalue weighted by Gasteiger charge is -2.30.